The molecule has 0 aliphatic heterocycles. The van der Waals surface area contributed by atoms with Crippen molar-refractivity contribution < 1.29 is 9.53 Å². The normalized spacial score (nSPS) is 9.00. The van der Waals surface area contributed by atoms with Crippen LogP contribution in [0.1, 0.15) is 15.9 Å². The summed E-state index contributed by atoms with van der Waals surface area (Å²) in [7, 11) is 1.26. The number of halogens is 1. The van der Waals surface area contributed by atoms with E-state index in [-0.39, 0.29) is 16.1 Å². The van der Waals surface area contributed by atoms with E-state index in [4.69, 9.17) is 16.9 Å². The van der Waals surface area contributed by atoms with Gasteiger partial charge in [0.25, 0.3) is 0 Å². The number of rotatable bonds is 1. The predicted octanol–water partition coefficient (Wildman–Crippen LogP) is 2.00. The average Bonchev–Trinajstić information content (AvgIpc) is 2.17. The van der Waals surface area contributed by atoms with Crippen LogP contribution >= 0.6 is 11.6 Å². The van der Waals surface area contributed by atoms with Crippen LogP contribution in [-0.2, 0) is 4.74 Å². The van der Waals surface area contributed by atoms with Gasteiger partial charge in [0.2, 0.25) is 0 Å². The van der Waals surface area contributed by atoms with Crippen LogP contribution in [-0.4, -0.2) is 13.1 Å². The van der Waals surface area contributed by atoms with Gasteiger partial charge in [-0.15, -0.1) is 0 Å². The standard InChI is InChI=1S/C9H6ClNO2/c1-13-9(12)7-4-2-3-6(5-11)8(7)10/h2-4H,1H3. The number of nitrogens with zero attached hydrogens (tertiary/aromatic N) is 1. The molecule has 0 aliphatic carbocycles. The molecule has 0 bridgehead atoms. The minimum Gasteiger partial charge on any atom is -0.465 e. The van der Waals surface area contributed by atoms with Gasteiger partial charge in [0.1, 0.15) is 6.07 Å². The van der Waals surface area contributed by atoms with Gasteiger partial charge < -0.3 is 4.74 Å². The Labute approximate surface area is 80.5 Å². The topological polar surface area (TPSA) is 50.1 Å². The lowest BCUT2D eigenvalue weighted by Crippen LogP contribution is -2.02. The number of benzene rings is 1. The number of hydrogen-bond donors (Lipinski definition) is 0. The van der Waals surface area contributed by atoms with E-state index in [0.29, 0.717) is 0 Å². The molecule has 0 aromatic heterocycles. The summed E-state index contributed by atoms with van der Waals surface area (Å²) in [5.41, 5.74) is 0.479. The molecule has 0 heterocycles. The average molecular weight is 196 g/mol. The number of carbonyl (C=O) groups is 1. The van der Waals surface area contributed by atoms with Crippen molar-refractivity contribution in [2.75, 3.05) is 7.11 Å². The Hall–Kier alpha value is -1.53. The third-order valence-corrected chi connectivity index (χ3v) is 1.93. The summed E-state index contributed by atoms with van der Waals surface area (Å²) in [6, 6.07) is 6.50. The molecule has 0 amide bonds. The van der Waals surface area contributed by atoms with Crippen LogP contribution < -0.4 is 0 Å². The smallest absolute Gasteiger partial charge is 0.339 e. The molecule has 1 rings (SSSR count). The van der Waals surface area contributed by atoms with Crippen LogP contribution in [0, 0.1) is 11.3 Å². The van der Waals surface area contributed by atoms with Crippen LogP contribution in [0.25, 0.3) is 0 Å². The number of hydrogen-bond acceptors (Lipinski definition) is 3. The summed E-state index contributed by atoms with van der Waals surface area (Å²) >= 11 is 5.76. The number of methoxy groups -OCH3 is 1. The van der Waals surface area contributed by atoms with E-state index in [0.717, 1.165) is 0 Å². The fourth-order valence-corrected chi connectivity index (χ4v) is 1.13. The van der Waals surface area contributed by atoms with Crippen molar-refractivity contribution in [2.45, 2.75) is 0 Å². The maximum atomic E-state index is 11.1. The Morgan fingerprint density at radius 3 is 2.85 bits per heavy atom. The maximum Gasteiger partial charge on any atom is 0.339 e. The molecule has 0 radical (unpaired) electrons. The van der Waals surface area contributed by atoms with Crippen molar-refractivity contribution in [3.8, 4) is 6.07 Å². The fraction of sp³-hybridized carbons (Fsp3) is 0.111. The number of esters is 1. The SMILES string of the molecule is COC(=O)c1cccc(C#N)c1Cl. The molecule has 3 nitrogen and oxygen atoms in total. The molecule has 0 N–H and O–H groups in total. The van der Waals surface area contributed by atoms with Gasteiger partial charge in [-0.2, -0.15) is 5.26 Å². The summed E-state index contributed by atoms with van der Waals surface area (Å²) in [4.78, 5) is 11.1. The highest BCUT2D eigenvalue weighted by Crippen LogP contribution is 2.20. The molecule has 4 heteroatoms. The minimum atomic E-state index is -0.540. The van der Waals surface area contributed by atoms with Crippen molar-refractivity contribution in [1.29, 1.82) is 5.26 Å². The quantitative estimate of drug-likeness (QED) is 0.644. The first-order chi connectivity index (χ1) is 6.20. The zero-order valence-electron chi connectivity index (χ0n) is 6.87. The van der Waals surface area contributed by atoms with E-state index in [1.54, 1.807) is 6.07 Å². The van der Waals surface area contributed by atoms with Crippen molar-refractivity contribution in [2.24, 2.45) is 0 Å². The molecule has 1 aromatic rings. The maximum absolute atomic E-state index is 11.1. The first-order valence-electron chi connectivity index (χ1n) is 3.47. The van der Waals surface area contributed by atoms with Crippen LogP contribution in [0.15, 0.2) is 18.2 Å². The second-order valence-electron chi connectivity index (χ2n) is 2.27. The van der Waals surface area contributed by atoms with E-state index in [1.807, 2.05) is 6.07 Å². The van der Waals surface area contributed by atoms with Crippen LogP contribution in [0.4, 0.5) is 0 Å². The van der Waals surface area contributed by atoms with Crippen molar-refractivity contribution in [3.05, 3.63) is 34.3 Å². The molecule has 66 valence electrons. The fourth-order valence-electron chi connectivity index (χ4n) is 0.886. The molecule has 0 unspecified atom stereocenters. The number of nitriles is 1. The van der Waals surface area contributed by atoms with Gasteiger partial charge in [0.15, 0.2) is 0 Å². The summed E-state index contributed by atoms with van der Waals surface area (Å²) in [6.07, 6.45) is 0. The number of ether oxygens (including phenoxy) is 1. The zero-order valence-corrected chi connectivity index (χ0v) is 7.63. The lowest BCUT2D eigenvalue weighted by molar-refractivity contribution is 0.0601. The molecule has 0 saturated carbocycles. The van der Waals surface area contributed by atoms with Crippen LogP contribution in [0.3, 0.4) is 0 Å². The Kier molecular flexibility index (Phi) is 2.88. The van der Waals surface area contributed by atoms with Crippen molar-refractivity contribution in [1.82, 2.24) is 0 Å². The highest BCUT2D eigenvalue weighted by atomic mass is 35.5. The summed E-state index contributed by atoms with van der Waals surface area (Å²) in [6.45, 7) is 0. The molecular formula is C9H6ClNO2. The van der Waals surface area contributed by atoms with Crippen LogP contribution in [0.2, 0.25) is 5.02 Å². The molecule has 0 spiro atoms. The highest BCUT2D eigenvalue weighted by Gasteiger charge is 2.12. The Balaban J connectivity index is 3.25. The van der Waals surface area contributed by atoms with Gasteiger partial charge in [-0.25, -0.2) is 4.79 Å². The van der Waals surface area contributed by atoms with Crippen molar-refractivity contribution in [3.63, 3.8) is 0 Å². The molecule has 0 aliphatic rings. The molecular weight excluding hydrogens is 190 g/mol. The summed E-state index contributed by atoms with van der Waals surface area (Å²) < 4.78 is 4.48. The highest BCUT2D eigenvalue weighted by molar-refractivity contribution is 6.34. The van der Waals surface area contributed by atoms with Crippen molar-refractivity contribution >= 4 is 17.6 Å². The second kappa shape index (κ2) is 3.92. The first kappa shape index (κ1) is 9.56. The second-order valence-corrected chi connectivity index (χ2v) is 2.65. The van der Waals surface area contributed by atoms with Gasteiger partial charge in [-0.05, 0) is 12.1 Å². The summed E-state index contributed by atoms with van der Waals surface area (Å²) in [5, 5.41) is 8.75. The molecule has 13 heavy (non-hydrogen) atoms. The third kappa shape index (κ3) is 1.79. The van der Waals surface area contributed by atoms with E-state index in [9.17, 15) is 4.79 Å². The third-order valence-electron chi connectivity index (χ3n) is 1.52. The van der Waals surface area contributed by atoms with Gasteiger partial charge in [0.05, 0.1) is 23.3 Å². The molecule has 0 saturated heterocycles. The van der Waals surface area contributed by atoms with E-state index in [2.05, 4.69) is 4.74 Å². The van der Waals surface area contributed by atoms with Crippen LogP contribution in [0.5, 0.6) is 0 Å². The lowest BCUT2D eigenvalue weighted by atomic mass is 10.1. The van der Waals surface area contributed by atoms with Gasteiger partial charge in [-0.1, -0.05) is 17.7 Å². The van der Waals surface area contributed by atoms with Gasteiger partial charge in [-0.3, -0.25) is 0 Å². The molecule has 0 fully saturated rings. The Bertz CT molecular complexity index is 382. The lowest BCUT2D eigenvalue weighted by Gasteiger charge is -2.01. The molecule has 1 aromatic carbocycles. The minimum absolute atomic E-state index is 0.136. The number of carbonyl (C=O) groups excluding carboxylic acids is 1. The van der Waals surface area contributed by atoms with Gasteiger partial charge >= 0.3 is 5.97 Å². The first-order valence-corrected chi connectivity index (χ1v) is 3.85. The summed E-state index contributed by atoms with van der Waals surface area (Å²) in [5.74, 6) is -0.540. The Morgan fingerprint density at radius 2 is 2.31 bits per heavy atom. The van der Waals surface area contributed by atoms with E-state index in [1.165, 1.54) is 19.2 Å². The predicted molar refractivity (Wildman–Crippen MR) is 47.5 cm³/mol. The zero-order chi connectivity index (χ0) is 9.84. The van der Waals surface area contributed by atoms with E-state index >= 15 is 0 Å². The monoisotopic (exact) mass is 195 g/mol. The Morgan fingerprint density at radius 1 is 1.62 bits per heavy atom. The largest absolute Gasteiger partial charge is 0.465 e. The molecule has 0 atom stereocenters. The van der Waals surface area contributed by atoms with Gasteiger partial charge in [0, 0.05) is 0 Å². The van der Waals surface area contributed by atoms with E-state index < -0.39 is 5.97 Å².